The van der Waals surface area contributed by atoms with E-state index in [-0.39, 0.29) is 0 Å². The molecule has 1 aromatic rings. The minimum absolute atomic E-state index is 0.327. The lowest BCUT2D eigenvalue weighted by molar-refractivity contribution is 0.283. The molecule has 0 heterocycles. The quantitative estimate of drug-likeness (QED) is 0.731. The molecule has 0 aliphatic rings. The van der Waals surface area contributed by atoms with Crippen molar-refractivity contribution in [1.29, 1.82) is 0 Å². The smallest absolute Gasteiger partial charge is 0.0431 e. The van der Waals surface area contributed by atoms with Crippen molar-refractivity contribution in [2.75, 3.05) is 6.61 Å². The summed E-state index contributed by atoms with van der Waals surface area (Å²) in [6.07, 6.45) is 4.40. The third-order valence-electron chi connectivity index (χ3n) is 2.37. The Hall–Kier alpha value is -0.820. The van der Waals surface area contributed by atoms with E-state index in [1.165, 1.54) is 17.5 Å². The van der Waals surface area contributed by atoms with Crippen molar-refractivity contribution in [3.8, 4) is 0 Å². The van der Waals surface area contributed by atoms with Gasteiger partial charge in [0.15, 0.2) is 0 Å². The highest BCUT2D eigenvalue weighted by molar-refractivity contribution is 5.25. The second kappa shape index (κ2) is 9.72. The van der Waals surface area contributed by atoms with Gasteiger partial charge >= 0.3 is 0 Å². The van der Waals surface area contributed by atoms with Crippen LogP contribution in [0.2, 0.25) is 0 Å². The molecule has 0 amide bonds. The van der Waals surface area contributed by atoms with E-state index in [1.54, 1.807) is 0 Å². The van der Waals surface area contributed by atoms with E-state index in [4.69, 9.17) is 5.11 Å². The zero-order chi connectivity index (χ0) is 11.5. The molecule has 1 rings (SSSR count). The fourth-order valence-electron chi connectivity index (χ4n) is 1.49. The highest BCUT2D eigenvalue weighted by Crippen LogP contribution is 2.11. The van der Waals surface area contributed by atoms with Crippen LogP contribution in [0.4, 0.5) is 0 Å². The van der Waals surface area contributed by atoms with Crippen LogP contribution >= 0.6 is 0 Å². The first-order valence-electron chi connectivity index (χ1n) is 6.00. The fraction of sp³-hybridized carbons (Fsp3) is 0.571. The molecule has 0 fully saturated rings. The normalized spacial score (nSPS) is 9.33. The maximum absolute atomic E-state index is 8.62. The Morgan fingerprint density at radius 3 is 2.27 bits per heavy atom. The third-order valence-corrected chi connectivity index (χ3v) is 2.37. The molecule has 1 N–H and O–H groups in total. The zero-order valence-corrected chi connectivity index (χ0v) is 10.3. The molecule has 0 aliphatic carbocycles. The van der Waals surface area contributed by atoms with Crippen molar-refractivity contribution >= 4 is 0 Å². The summed E-state index contributed by atoms with van der Waals surface area (Å²) in [7, 11) is 0. The number of rotatable bonds is 5. The maximum atomic E-state index is 8.62. The minimum Gasteiger partial charge on any atom is -0.396 e. The average Bonchev–Trinajstić information content (AvgIpc) is 2.29. The SMILES string of the molecule is CC.Cc1ccccc1CCCCCO. The summed E-state index contributed by atoms with van der Waals surface area (Å²) < 4.78 is 0. The Bertz CT molecular complexity index is 243. The van der Waals surface area contributed by atoms with E-state index in [2.05, 4.69) is 31.2 Å². The largest absolute Gasteiger partial charge is 0.396 e. The van der Waals surface area contributed by atoms with Crippen LogP contribution in [0.1, 0.15) is 44.2 Å². The van der Waals surface area contributed by atoms with Crippen molar-refractivity contribution in [1.82, 2.24) is 0 Å². The highest BCUT2D eigenvalue weighted by atomic mass is 16.2. The van der Waals surface area contributed by atoms with E-state index in [0.717, 1.165) is 19.3 Å². The van der Waals surface area contributed by atoms with Crippen molar-refractivity contribution in [3.05, 3.63) is 35.4 Å². The van der Waals surface area contributed by atoms with Crippen LogP contribution in [-0.4, -0.2) is 11.7 Å². The lowest BCUT2D eigenvalue weighted by Crippen LogP contribution is -1.90. The molecular formula is C14H24O. The molecule has 0 bridgehead atoms. The molecule has 0 spiro atoms. The molecule has 15 heavy (non-hydrogen) atoms. The molecule has 1 nitrogen and oxygen atoms in total. The van der Waals surface area contributed by atoms with Crippen LogP contribution in [0, 0.1) is 6.92 Å². The van der Waals surface area contributed by atoms with Crippen molar-refractivity contribution in [3.63, 3.8) is 0 Å². The van der Waals surface area contributed by atoms with Gasteiger partial charge in [0, 0.05) is 6.61 Å². The van der Waals surface area contributed by atoms with Gasteiger partial charge in [-0.2, -0.15) is 0 Å². The summed E-state index contributed by atoms with van der Waals surface area (Å²) in [5, 5.41) is 8.62. The first-order valence-corrected chi connectivity index (χ1v) is 6.00. The lowest BCUT2D eigenvalue weighted by Gasteiger charge is -2.04. The van der Waals surface area contributed by atoms with Gasteiger partial charge in [-0.25, -0.2) is 0 Å². The highest BCUT2D eigenvalue weighted by Gasteiger charge is 1.95. The Morgan fingerprint density at radius 1 is 1.00 bits per heavy atom. The number of aliphatic hydroxyl groups is 1. The van der Waals surface area contributed by atoms with E-state index in [1.807, 2.05) is 13.8 Å². The van der Waals surface area contributed by atoms with Crippen molar-refractivity contribution < 1.29 is 5.11 Å². The van der Waals surface area contributed by atoms with Crippen molar-refractivity contribution in [2.45, 2.75) is 46.5 Å². The molecule has 0 saturated heterocycles. The lowest BCUT2D eigenvalue weighted by atomic mass is 10.0. The molecule has 86 valence electrons. The summed E-state index contributed by atoms with van der Waals surface area (Å²) in [4.78, 5) is 0. The molecule has 0 aliphatic heterocycles. The monoisotopic (exact) mass is 208 g/mol. The number of aliphatic hydroxyl groups excluding tert-OH is 1. The van der Waals surface area contributed by atoms with Crippen molar-refractivity contribution in [2.24, 2.45) is 0 Å². The van der Waals surface area contributed by atoms with Gasteiger partial charge in [-0.3, -0.25) is 0 Å². The Balaban J connectivity index is 0.000000921. The Kier molecular flexibility index (Phi) is 9.19. The summed E-state index contributed by atoms with van der Waals surface area (Å²) in [5.74, 6) is 0. The molecule has 0 saturated carbocycles. The predicted octanol–water partition coefficient (Wildman–Crippen LogP) is 3.73. The molecule has 0 aromatic heterocycles. The minimum atomic E-state index is 0.327. The van der Waals surface area contributed by atoms with Gasteiger partial charge in [0.05, 0.1) is 0 Å². The zero-order valence-electron chi connectivity index (χ0n) is 10.3. The number of hydrogen-bond donors (Lipinski definition) is 1. The first kappa shape index (κ1) is 14.2. The van der Waals surface area contributed by atoms with E-state index < -0.39 is 0 Å². The van der Waals surface area contributed by atoms with E-state index >= 15 is 0 Å². The van der Waals surface area contributed by atoms with Crippen LogP contribution in [0.3, 0.4) is 0 Å². The van der Waals surface area contributed by atoms with Crippen LogP contribution in [-0.2, 0) is 6.42 Å². The van der Waals surface area contributed by atoms with Crippen LogP contribution in [0.15, 0.2) is 24.3 Å². The van der Waals surface area contributed by atoms with Gasteiger partial charge in [0.2, 0.25) is 0 Å². The second-order valence-electron chi connectivity index (χ2n) is 3.46. The van der Waals surface area contributed by atoms with Gasteiger partial charge in [-0.1, -0.05) is 44.5 Å². The molecule has 1 aromatic carbocycles. The van der Waals surface area contributed by atoms with Crippen LogP contribution < -0.4 is 0 Å². The molecule has 0 unspecified atom stereocenters. The summed E-state index contributed by atoms with van der Waals surface area (Å²) in [6.45, 7) is 6.48. The standard InChI is InChI=1S/C12H18O.C2H6/c1-11-7-4-5-9-12(11)8-3-2-6-10-13;1-2/h4-5,7,9,13H,2-3,6,8,10H2,1H3;1-2H3. The van der Waals surface area contributed by atoms with Gasteiger partial charge < -0.3 is 5.11 Å². The van der Waals surface area contributed by atoms with Gasteiger partial charge in [0.25, 0.3) is 0 Å². The van der Waals surface area contributed by atoms with Gasteiger partial charge in [-0.15, -0.1) is 0 Å². The number of benzene rings is 1. The van der Waals surface area contributed by atoms with E-state index in [0.29, 0.717) is 6.61 Å². The average molecular weight is 208 g/mol. The third kappa shape index (κ3) is 6.29. The molecule has 0 radical (unpaired) electrons. The Morgan fingerprint density at radius 2 is 1.67 bits per heavy atom. The molecule has 1 heteroatoms. The van der Waals surface area contributed by atoms with Gasteiger partial charge in [0.1, 0.15) is 0 Å². The number of unbranched alkanes of at least 4 members (excludes halogenated alkanes) is 2. The van der Waals surface area contributed by atoms with Gasteiger partial charge in [-0.05, 0) is 37.3 Å². The van der Waals surface area contributed by atoms with Crippen LogP contribution in [0.25, 0.3) is 0 Å². The fourth-order valence-corrected chi connectivity index (χ4v) is 1.49. The second-order valence-corrected chi connectivity index (χ2v) is 3.46. The van der Waals surface area contributed by atoms with Crippen LogP contribution in [0.5, 0.6) is 0 Å². The summed E-state index contributed by atoms with van der Waals surface area (Å²) >= 11 is 0. The Labute approximate surface area is 94.2 Å². The topological polar surface area (TPSA) is 20.2 Å². The first-order chi connectivity index (χ1) is 7.34. The maximum Gasteiger partial charge on any atom is 0.0431 e. The number of aryl methyl sites for hydroxylation is 2. The predicted molar refractivity (Wildman–Crippen MR) is 67.2 cm³/mol. The summed E-state index contributed by atoms with van der Waals surface area (Å²) in [5.41, 5.74) is 2.83. The number of hydrogen-bond acceptors (Lipinski definition) is 1. The molecule has 0 atom stereocenters. The summed E-state index contributed by atoms with van der Waals surface area (Å²) in [6, 6.07) is 8.51. The molecular weight excluding hydrogens is 184 g/mol. The van der Waals surface area contributed by atoms with E-state index in [9.17, 15) is 0 Å².